The fourth-order valence-electron chi connectivity index (χ4n) is 3.57. The van der Waals surface area contributed by atoms with E-state index in [1.165, 1.54) is 0 Å². The zero-order valence-corrected chi connectivity index (χ0v) is 17.2. The second-order valence-corrected chi connectivity index (χ2v) is 7.39. The Kier molecular flexibility index (Phi) is 6.03. The summed E-state index contributed by atoms with van der Waals surface area (Å²) >= 11 is 0. The number of carbonyl (C=O) groups excluding carboxylic acids is 2. The highest BCUT2D eigenvalue weighted by molar-refractivity contribution is 6.46. The van der Waals surface area contributed by atoms with Crippen LogP contribution in [0.5, 0.6) is 5.75 Å². The quantitative estimate of drug-likeness (QED) is 0.463. The number of aliphatic hydroxyl groups excluding tert-OH is 1. The van der Waals surface area contributed by atoms with E-state index in [4.69, 9.17) is 4.74 Å². The van der Waals surface area contributed by atoms with Gasteiger partial charge in [0.15, 0.2) is 0 Å². The van der Waals surface area contributed by atoms with Gasteiger partial charge in [-0.3, -0.25) is 9.59 Å². The molecular weight excluding hydrogens is 368 g/mol. The maximum Gasteiger partial charge on any atom is 0.295 e. The first-order valence-electron chi connectivity index (χ1n) is 9.48. The molecule has 2 aromatic rings. The molecule has 0 saturated carbocycles. The third-order valence-corrected chi connectivity index (χ3v) is 5.13. The van der Waals surface area contributed by atoms with Crippen molar-refractivity contribution < 1.29 is 19.4 Å². The van der Waals surface area contributed by atoms with Crippen molar-refractivity contribution in [2.75, 3.05) is 34.3 Å². The van der Waals surface area contributed by atoms with Gasteiger partial charge in [0, 0.05) is 18.7 Å². The van der Waals surface area contributed by atoms with E-state index in [1.54, 1.807) is 30.2 Å². The van der Waals surface area contributed by atoms with Crippen LogP contribution in [0.1, 0.15) is 22.7 Å². The third kappa shape index (κ3) is 4.03. The van der Waals surface area contributed by atoms with Crippen LogP contribution in [-0.2, 0) is 9.59 Å². The Morgan fingerprint density at radius 1 is 1.14 bits per heavy atom. The van der Waals surface area contributed by atoms with Crippen LogP contribution >= 0.6 is 0 Å². The Morgan fingerprint density at radius 3 is 2.41 bits per heavy atom. The summed E-state index contributed by atoms with van der Waals surface area (Å²) in [4.78, 5) is 29.3. The summed E-state index contributed by atoms with van der Waals surface area (Å²) in [5, 5.41) is 11.1. The first-order valence-corrected chi connectivity index (χ1v) is 9.48. The summed E-state index contributed by atoms with van der Waals surface area (Å²) in [5.74, 6) is -0.756. The number of aliphatic hydroxyl groups is 1. The summed E-state index contributed by atoms with van der Waals surface area (Å²) in [6.07, 6.45) is 0. The molecule has 1 atom stereocenters. The Hall–Kier alpha value is -3.12. The molecule has 1 fully saturated rings. The first-order chi connectivity index (χ1) is 13.8. The maximum atomic E-state index is 12.9. The molecular formula is C23H26N2O4. The molecule has 1 N–H and O–H groups in total. The van der Waals surface area contributed by atoms with Crippen molar-refractivity contribution in [2.45, 2.75) is 13.0 Å². The number of hydrogen-bond acceptors (Lipinski definition) is 5. The zero-order chi connectivity index (χ0) is 21.1. The molecule has 1 aliphatic heterocycles. The Morgan fingerprint density at radius 2 is 1.83 bits per heavy atom. The normalized spacial score (nSPS) is 18.5. The Balaban J connectivity index is 2.15. The van der Waals surface area contributed by atoms with E-state index in [0.717, 1.165) is 11.1 Å². The molecule has 152 valence electrons. The molecule has 29 heavy (non-hydrogen) atoms. The summed E-state index contributed by atoms with van der Waals surface area (Å²) in [6.45, 7) is 2.82. The highest BCUT2D eigenvalue weighted by Gasteiger charge is 2.45. The van der Waals surface area contributed by atoms with Gasteiger partial charge in [-0.1, -0.05) is 30.3 Å². The minimum atomic E-state index is -0.662. The number of methoxy groups -OCH3 is 1. The van der Waals surface area contributed by atoms with Crippen molar-refractivity contribution in [3.63, 3.8) is 0 Å². The fraction of sp³-hybridized carbons (Fsp3) is 0.304. The lowest BCUT2D eigenvalue weighted by Gasteiger charge is -2.26. The van der Waals surface area contributed by atoms with E-state index in [9.17, 15) is 14.7 Å². The van der Waals surface area contributed by atoms with Crippen molar-refractivity contribution in [2.24, 2.45) is 0 Å². The van der Waals surface area contributed by atoms with Gasteiger partial charge in [-0.15, -0.1) is 0 Å². The van der Waals surface area contributed by atoms with Gasteiger partial charge < -0.3 is 19.6 Å². The largest absolute Gasteiger partial charge is 0.507 e. The topological polar surface area (TPSA) is 70.1 Å². The predicted molar refractivity (Wildman–Crippen MR) is 112 cm³/mol. The molecule has 1 saturated heterocycles. The summed E-state index contributed by atoms with van der Waals surface area (Å²) in [7, 11) is 5.39. The minimum Gasteiger partial charge on any atom is -0.507 e. The highest BCUT2D eigenvalue weighted by Crippen LogP contribution is 2.39. The molecule has 0 aromatic heterocycles. The van der Waals surface area contributed by atoms with E-state index >= 15 is 0 Å². The summed E-state index contributed by atoms with van der Waals surface area (Å²) < 4.78 is 5.22. The number of carbonyl (C=O) groups is 2. The monoisotopic (exact) mass is 394 g/mol. The van der Waals surface area contributed by atoms with E-state index in [2.05, 4.69) is 0 Å². The lowest BCUT2D eigenvalue weighted by Crippen LogP contribution is -2.35. The number of likely N-dealkylation sites (N-methyl/N-ethyl adjacent to an activating group) is 1. The number of amides is 1. The number of nitrogens with zero attached hydrogens (tertiary/aromatic N) is 2. The fourth-order valence-corrected chi connectivity index (χ4v) is 3.57. The number of hydrogen-bond donors (Lipinski definition) is 1. The van der Waals surface area contributed by atoms with Crippen LogP contribution in [-0.4, -0.2) is 60.9 Å². The minimum absolute atomic E-state index is 0.119. The smallest absolute Gasteiger partial charge is 0.295 e. The standard InChI is InChI=1S/C23H26N2O4/c1-15-14-17(29-4)10-11-18(15)21(26)19-20(16-8-6-5-7-9-16)25(13-12-24(2)3)23(28)22(19)27/h5-11,14,20,26H,12-13H2,1-4H3/t20-/m1/s1. The molecule has 1 aliphatic rings. The zero-order valence-electron chi connectivity index (χ0n) is 17.2. The molecule has 1 amide bonds. The van der Waals surface area contributed by atoms with Crippen molar-refractivity contribution >= 4 is 17.4 Å². The van der Waals surface area contributed by atoms with Crippen LogP contribution in [0.4, 0.5) is 0 Å². The van der Waals surface area contributed by atoms with Gasteiger partial charge in [-0.25, -0.2) is 0 Å². The second-order valence-electron chi connectivity index (χ2n) is 7.39. The molecule has 0 bridgehead atoms. The van der Waals surface area contributed by atoms with Gasteiger partial charge in [0.2, 0.25) is 0 Å². The van der Waals surface area contributed by atoms with E-state index in [1.807, 2.05) is 56.3 Å². The molecule has 6 heteroatoms. The van der Waals surface area contributed by atoms with Crippen molar-refractivity contribution in [3.8, 4) is 5.75 Å². The van der Waals surface area contributed by atoms with Crippen LogP contribution in [0.15, 0.2) is 54.1 Å². The van der Waals surface area contributed by atoms with Gasteiger partial charge in [-0.05, 0) is 50.3 Å². The van der Waals surface area contributed by atoms with Gasteiger partial charge in [-0.2, -0.15) is 0 Å². The van der Waals surface area contributed by atoms with Gasteiger partial charge in [0.05, 0.1) is 18.7 Å². The average Bonchev–Trinajstić information content (AvgIpc) is 2.97. The van der Waals surface area contributed by atoms with Crippen molar-refractivity contribution in [3.05, 3.63) is 70.8 Å². The number of ketones is 1. The second kappa shape index (κ2) is 8.49. The molecule has 0 unspecified atom stereocenters. The molecule has 0 aliphatic carbocycles. The molecule has 2 aromatic carbocycles. The first kappa shape index (κ1) is 20.6. The Labute approximate surface area is 171 Å². The molecule has 6 nitrogen and oxygen atoms in total. The van der Waals surface area contributed by atoms with Crippen LogP contribution in [0.3, 0.4) is 0 Å². The lowest BCUT2D eigenvalue weighted by atomic mass is 9.94. The van der Waals surface area contributed by atoms with Crippen LogP contribution in [0.2, 0.25) is 0 Å². The van der Waals surface area contributed by atoms with Gasteiger partial charge in [0.1, 0.15) is 11.5 Å². The lowest BCUT2D eigenvalue weighted by molar-refractivity contribution is -0.140. The van der Waals surface area contributed by atoms with E-state index < -0.39 is 17.7 Å². The number of likely N-dealkylation sites (tertiary alicyclic amines) is 1. The number of aryl methyl sites for hydroxylation is 1. The molecule has 1 heterocycles. The SMILES string of the molecule is COc1ccc(C(O)=C2C(=O)C(=O)N(CCN(C)C)[C@@H]2c2ccccc2)c(C)c1. The average molecular weight is 394 g/mol. The predicted octanol–water partition coefficient (Wildman–Crippen LogP) is 2.99. The van der Waals surface area contributed by atoms with Crippen molar-refractivity contribution in [1.82, 2.24) is 9.80 Å². The Bertz CT molecular complexity index is 951. The number of rotatable bonds is 6. The van der Waals surface area contributed by atoms with E-state index in [-0.39, 0.29) is 11.3 Å². The van der Waals surface area contributed by atoms with Crippen molar-refractivity contribution in [1.29, 1.82) is 0 Å². The highest BCUT2D eigenvalue weighted by atomic mass is 16.5. The van der Waals surface area contributed by atoms with Crippen LogP contribution < -0.4 is 4.74 Å². The number of Topliss-reactive ketones (excluding diaryl/α,β-unsaturated/α-hetero) is 1. The summed E-state index contributed by atoms with van der Waals surface area (Å²) in [6, 6.07) is 13.9. The van der Waals surface area contributed by atoms with Crippen LogP contribution in [0, 0.1) is 6.92 Å². The van der Waals surface area contributed by atoms with Gasteiger partial charge in [0.25, 0.3) is 11.7 Å². The summed E-state index contributed by atoms with van der Waals surface area (Å²) in [5.41, 5.74) is 2.18. The molecule has 0 radical (unpaired) electrons. The molecule has 0 spiro atoms. The third-order valence-electron chi connectivity index (χ3n) is 5.13. The van der Waals surface area contributed by atoms with E-state index in [0.29, 0.717) is 24.4 Å². The maximum absolute atomic E-state index is 12.9. The van der Waals surface area contributed by atoms with Crippen LogP contribution in [0.25, 0.3) is 5.76 Å². The number of benzene rings is 2. The number of ether oxygens (including phenoxy) is 1. The molecule has 3 rings (SSSR count). The van der Waals surface area contributed by atoms with Gasteiger partial charge >= 0.3 is 0 Å².